The van der Waals surface area contributed by atoms with Gasteiger partial charge < -0.3 is 10.2 Å². The molecule has 0 aliphatic carbocycles. The molecule has 1 aromatic carbocycles. The largest absolute Gasteiger partial charge is 0.350 e. The number of para-hydroxylation sites is 1. The normalized spacial score (nSPS) is 20.7. The zero-order valence-corrected chi connectivity index (χ0v) is 15.0. The van der Waals surface area contributed by atoms with Gasteiger partial charge in [-0.2, -0.15) is 0 Å². The number of anilines is 1. The third kappa shape index (κ3) is 4.92. The molecule has 0 spiro atoms. The summed E-state index contributed by atoms with van der Waals surface area (Å²) in [4.78, 5) is 21.4. The van der Waals surface area contributed by atoms with Crippen LogP contribution >= 0.6 is 0 Å². The molecule has 1 atom stereocenters. The SMILES string of the molecule is CCC(=O)N(CC1CCCN(CC2=NCC=CN2)C1)c1ccccc1. The summed E-state index contributed by atoms with van der Waals surface area (Å²) in [6, 6.07) is 10.0. The Labute approximate surface area is 150 Å². The smallest absolute Gasteiger partial charge is 0.226 e. The molecule has 0 bridgehead atoms. The van der Waals surface area contributed by atoms with E-state index in [-0.39, 0.29) is 5.91 Å². The van der Waals surface area contributed by atoms with E-state index in [2.05, 4.69) is 15.2 Å². The van der Waals surface area contributed by atoms with E-state index in [0.29, 0.717) is 12.3 Å². The first-order valence-electron chi connectivity index (χ1n) is 9.29. The Balaban J connectivity index is 1.61. The fraction of sp³-hybridized carbons (Fsp3) is 0.500. The van der Waals surface area contributed by atoms with Gasteiger partial charge in [0.25, 0.3) is 0 Å². The van der Waals surface area contributed by atoms with Crippen molar-refractivity contribution < 1.29 is 4.79 Å². The maximum atomic E-state index is 12.5. The lowest BCUT2D eigenvalue weighted by atomic mass is 9.97. The van der Waals surface area contributed by atoms with Crippen LogP contribution in [0.3, 0.4) is 0 Å². The van der Waals surface area contributed by atoms with Gasteiger partial charge in [0.1, 0.15) is 5.84 Å². The Morgan fingerprint density at radius 3 is 2.92 bits per heavy atom. The highest BCUT2D eigenvalue weighted by Crippen LogP contribution is 2.22. The molecule has 1 aromatic rings. The lowest BCUT2D eigenvalue weighted by Gasteiger charge is -2.36. The molecule has 1 N–H and O–H groups in total. The number of carbonyl (C=O) groups excluding carboxylic acids is 1. The van der Waals surface area contributed by atoms with Crippen molar-refractivity contribution in [1.82, 2.24) is 10.2 Å². The van der Waals surface area contributed by atoms with Gasteiger partial charge in [-0.3, -0.25) is 14.7 Å². The number of likely N-dealkylation sites (tertiary alicyclic amines) is 1. The third-order valence-electron chi connectivity index (χ3n) is 4.84. The van der Waals surface area contributed by atoms with E-state index in [4.69, 9.17) is 0 Å². The predicted molar refractivity (Wildman–Crippen MR) is 103 cm³/mol. The Morgan fingerprint density at radius 2 is 2.20 bits per heavy atom. The number of piperidine rings is 1. The summed E-state index contributed by atoms with van der Waals surface area (Å²) in [5.41, 5.74) is 1.01. The van der Waals surface area contributed by atoms with Crippen LogP contribution in [-0.2, 0) is 4.79 Å². The molecule has 2 aliphatic rings. The van der Waals surface area contributed by atoms with Crippen LogP contribution < -0.4 is 10.2 Å². The standard InChI is InChI=1S/C20H28N4O/c1-2-20(25)24(18-9-4-3-5-10-18)15-17-8-6-13-23(14-17)16-19-21-11-7-12-22-19/h3-5,7,9-11,17H,2,6,8,12-16H2,1H3,(H,21,22). The van der Waals surface area contributed by atoms with Crippen LogP contribution in [0.1, 0.15) is 26.2 Å². The molecule has 0 radical (unpaired) electrons. The monoisotopic (exact) mass is 340 g/mol. The third-order valence-corrected chi connectivity index (χ3v) is 4.84. The quantitative estimate of drug-likeness (QED) is 0.866. The molecule has 0 saturated carbocycles. The number of amidine groups is 1. The number of benzene rings is 1. The highest BCUT2D eigenvalue weighted by atomic mass is 16.2. The average Bonchev–Trinajstić information content (AvgIpc) is 2.67. The number of hydrogen-bond donors (Lipinski definition) is 1. The predicted octanol–water partition coefficient (Wildman–Crippen LogP) is 2.66. The van der Waals surface area contributed by atoms with Crippen LogP contribution in [0.15, 0.2) is 47.6 Å². The lowest BCUT2D eigenvalue weighted by Crippen LogP contribution is -2.46. The number of rotatable bonds is 6. The maximum absolute atomic E-state index is 12.5. The van der Waals surface area contributed by atoms with Gasteiger partial charge in [0.2, 0.25) is 5.91 Å². The first kappa shape index (κ1) is 17.7. The number of hydrogen-bond acceptors (Lipinski definition) is 4. The van der Waals surface area contributed by atoms with Crippen molar-refractivity contribution in [2.45, 2.75) is 26.2 Å². The van der Waals surface area contributed by atoms with Crippen LogP contribution in [0.5, 0.6) is 0 Å². The Kier molecular flexibility index (Phi) is 6.23. The molecule has 1 amide bonds. The van der Waals surface area contributed by atoms with Gasteiger partial charge in [-0.15, -0.1) is 0 Å². The minimum atomic E-state index is 0.201. The topological polar surface area (TPSA) is 47.9 Å². The van der Waals surface area contributed by atoms with Gasteiger partial charge in [-0.1, -0.05) is 25.1 Å². The molecule has 5 heteroatoms. The highest BCUT2D eigenvalue weighted by Gasteiger charge is 2.25. The molecule has 5 nitrogen and oxygen atoms in total. The van der Waals surface area contributed by atoms with E-state index in [9.17, 15) is 4.79 Å². The van der Waals surface area contributed by atoms with Crippen molar-refractivity contribution in [3.8, 4) is 0 Å². The van der Waals surface area contributed by atoms with Crippen LogP contribution in [0.25, 0.3) is 0 Å². The van der Waals surface area contributed by atoms with Crippen LogP contribution in [-0.4, -0.2) is 49.4 Å². The number of aliphatic imine (C=N–C) groups is 1. The van der Waals surface area contributed by atoms with Crippen molar-refractivity contribution in [1.29, 1.82) is 0 Å². The molecule has 1 fully saturated rings. The summed E-state index contributed by atoms with van der Waals surface area (Å²) >= 11 is 0. The van der Waals surface area contributed by atoms with Gasteiger partial charge in [0.05, 0.1) is 13.1 Å². The molecular weight excluding hydrogens is 312 g/mol. The Bertz CT molecular complexity index is 626. The molecule has 2 aliphatic heterocycles. The fourth-order valence-corrected chi connectivity index (χ4v) is 3.58. The lowest BCUT2D eigenvalue weighted by molar-refractivity contribution is -0.118. The van der Waals surface area contributed by atoms with Crippen molar-refractivity contribution in [2.75, 3.05) is 37.6 Å². The van der Waals surface area contributed by atoms with E-state index in [1.54, 1.807) is 0 Å². The van der Waals surface area contributed by atoms with Crippen molar-refractivity contribution in [3.63, 3.8) is 0 Å². The summed E-state index contributed by atoms with van der Waals surface area (Å²) in [6.45, 7) is 6.50. The van der Waals surface area contributed by atoms with E-state index in [1.165, 1.54) is 12.8 Å². The summed E-state index contributed by atoms with van der Waals surface area (Å²) in [7, 11) is 0. The van der Waals surface area contributed by atoms with Gasteiger partial charge >= 0.3 is 0 Å². The average molecular weight is 340 g/mol. The Hall–Kier alpha value is -2.14. The summed E-state index contributed by atoms with van der Waals surface area (Å²) in [6.07, 6.45) is 6.89. The molecular formula is C20H28N4O. The number of carbonyl (C=O) groups is 1. The van der Waals surface area contributed by atoms with Crippen molar-refractivity contribution in [2.24, 2.45) is 10.9 Å². The summed E-state index contributed by atoms with van der Waals surface area (Å²) in [5, 5.41) is 3.24. The highest BCUT2D eigenvalue weighted by molar-refractivity contribution is 5.93. The van der Waals surface area contributed by atoms with Gasteiger partial charge in [-0.25, -0.2) is 0 Å². The minimum absolute atomic E-state index is 0.201. The van der Waals surface area contributed by atoms with Crippen molar-refractivity contribution >= 4 is 17.4 Å². The van der Waals surface area contributed by atoms with Crippen LogP contribution in [0.2, 0.25) is 0 Å². The molecule has 0 aromatic heterocycles. The van der Waals surface area contributed by atoms with Crippen LogP contribution in [0.4, 0.5) is 5.69 Å². The molecule has 25 heavy (non-hydrogen) atoms. The Morgan fingerprint density at radius 1 is 1.36 bits per heavy atom. The van der Waals surface area contributed by atoms with E-state index in [1.807, 2.05) is 54.4 Å². The first-order chi connectivity index (χ1) is 12.3. The van der Waals surface area contributed by atoms with Gasteiger partial charge in [0, 0.05) is 25.2 Å². The minimum Gasteiger partial charge on any atom is -0.350 e. The first-order valence-corrected chi connectivity index (χ1v) is 9.29. The van der Waals surface area contributed by atoms with E-state index < -0.39 is 0 Å². The second-order valence-corrected chi connectivity index (χ2v) is 6.77. The zero-order chi connectivity index (χ0) is 17.5. The van der Waals surface area contributed by atoms with Crippen LogP contribution in [0, 0.1) is 5.92 Å². The second kappa shape index (κ2) is 8.81. The summed E-state index contributed by atoms with van der Waals surface area (Å²) in [5.74, 6) is 1.75. The second-order valence-electron chi connectivity index (χ2n) is 6.77. The maximum Gasteiger partial charge on any atom is 0.226 e. The van der Waals surface area contributed by atoms with Gasteiger partial charge in [0.15, 0.2) is 0 Å². The number of nitrogens with one attached hydrogen (secondary N) is 1. The molecule has 1 unspecified atom stereocenters. The number of nitrogens with zero attached hydrogens (tertiary/aromatic N) is 3. The number of amides is 1. The van der Waals surface area contributed by atoms with E-state index >= 15 is 0 Å². The molecule has 3 rings (SSSR count). The summed E-state index contributed by atoms with van der Waals surface area (Å²) < 4.78 is 0. The molecule has 2 heterocycles. The fourth-order valence-electron chi connectivity index (χ4n) is 3.58. The zero-order valence-electron chi connectivity index (χ0n) is 15.0. The van der Waals surface area contributed by atoms with E-state index in [0.717, 1.165) is 44.2 Å². The van der Waals surface area contributed by atoms with Crippen molar-refractivity contribution in [3.05, 3.63) is 42.6 Å². The molecule has 1 saturated heterocycles. The van der Waals surface area contributed by atoms with Gasteiger partial charge in [-0.05, 0) is 49.7 Å². The molecule has 134 valence electrons.